The number of hydrogen-bond donors (Lipinski definition) is 2. The van der Waals surface area contributed by atoms with Gasteiger partial charge in [0.1, 0.15) is 11.6 Å². The minimum atomic E-state index is -3.79. The van der Waals surface area contributed by atoms with Crippen molar-refractivity contribution in [1.29, 1.82) is 0 Å². The van der Waals surface area contributed by atoms with Crippen molar-refractivity contribution >= 4 is 21.7 Å². The zero-order chi connectivity index (χ0) is 17.0. The number of aryl methyl sites for hydroxylation is 2. The fraction of sp³-hybridized carbons (Fsp3) is 0.286. The Morgan fingerprint density at radius 2 is 2.04 bits per heavy atom. The average Bonchev–Trinajstić information content (AvgIpc) is 2.86. The Balaban J connectivity index is 1.89. The number of carbonyl (C=O) groups is 1. The highest BCUT2D eigenvalue weighted by atomic mass is 32.2. The molecule has 23 heavy (non-hydrogen) atoms. The van der Waals surface area contributed by atoms with Crippen molar-refractivity contribution in [1.82, 2.24) is 9.88 Å². The first-order valence-electron chi connectivity index (χ1n) is 6.77. The van der Waals surface area contributed by atoms with E-state index in [4.69, 9.17) is 4.52 Å². The monoisotopic (exact) mass is 341 g/mol. The van der Waals surface area contributed by atoms with Crippen LogP contribution >= 0.6 is 0 Å². The molecule has 9 heteroatoms. The molecule has 1 amide bonds. The van der Waals surface area contributed by atoms with E-state index in [1.54, 1.807) is 13.0 Å². The fourth-order valence-electron chi connectivity index (χ4n) is 1.80. The second kappa shape index (κ2) is 6.88. The molecule has 124 valence electrons. The smallest absolute Gasteiger partial charge is 0.240 e. The third-order valence-electron chi connectivity index (χ3n) is 2.98. The van der Waals surface area contributed by atoms with Crippen molar-refractivity contribution in [3.05, 3.63) is 41.4 Å². The SMILES string of the molecule is Cc1cc(NC(=O)CCNS(=O)(=O)c2ccc(F)c(C)c2)no1. The summed E-state index contributed by atoms with van der Waals surface area (Å²) in [5, 5.41) is 6.07. The zero-order valence-corrected chi connectivity index (χ0v) is 13.4. The lowest BCUT2D eigenvalue weighted by Gasteiger charge is -2.07. The molecule has 0 spiro atoms. The fourth-order valence-corrected chi connectivity index (χ4v) is 2.91. The molecule has 0 aliphatic heterocycles. The normalized spacial score (nSPS) is 11.4. The third-order valence-corrected chi connectivity index (χ3v) is 4.44. The Labute approximate surface area is 132 Å². The molecule has 0 unspecified atom stereocenters. The summed E-state index contributed by atoms with van der Waals surface area (Å²) in [7, 11) is -3.79. The van der Waals surface area contributed by atoms with Crippen LogP contribution in [0.5, 0.6) is 0 Å². The van der Waals surface area contributed by atoms with Gasteiger partial charge in [-0.15, -0.1) is 0 Å². The van der Waals surface area contributed by atoms with Gasteiger partial charge in [-0.3, -0.25) is 4.79 Å². The molecular weight excluding hydrogens is 325 g/mol. The number of anilines is 1. The summed E-state index contributed by atoms with van der Waals surface area (Å²) in [5.74, 6) is -0.0697. The van der Waals surface area contributed by atoms with E-state index in [0.29, 0.717) is 5.76 Å². The third kappa shape index (κ3) is 4.60. The average molecular weight is 341 g/mol. The summed E-state index contributed by atoms with van der Waals surface area (Å²) >= 11 is 0. The first kappa shape index (κ1) is 17.1. The van der Waals surface area contributed by atoms with E-state index in [-0.39, 0.29) is 29.2 Å². The van der Waals surface area contributed by atoms with Crippen molar-refractivity contribution in [3.63, 3.8) is 0 Å². The Hall–Kier alpha value is -2.26. The highest BCUT2D eigenvalue weighted by molar-refractivity contribution is 7.89. The quantitative estimate of drug-likeness (QED) is 0.833. The Morgan fingerprint density at radius 1 is 1.30 bits per heavy atom. The summed E-state index contributed by atoms with van der Waals surface area (Å²) in [6.07, 6.45) is -0.0781. The van der Waals surface area contributed by atoms with Crippen LogP contribution < -0.4 is 10.0 Å². The van der Waals surface area contributed by atoms with Crippen molar-refractivity contribution in [2.24, 2.45) is 0 Å². The number of carbonyl (C=O) groups excluding carboxylic acids is 1. The summed E-state index contributed by atoms with van der Waals surface area (Å²) in [4.78, 5) is 11.6. The topological polar surface area (TPSA) is 101 Å². The molecule has 2 aromatic rings. The van der Waals surface area contributed by atoms with Gasteiger partial charge in [0.2, 0.25) is 15.9 Å². The second-order valence-corrected chi connectivity index (χ2v) is 6.70. The Bertz CT molecular complexity index is 817. The lowest BCUT2D eigenvalue weighted by Crippen LogP contribution is -2.28. The van der Waals surface area contributed by atoms with Gasteiger partial charge >= 0.3 is 0 Å². The highest BCUT2D eigenvalue weighted by Gasteiger charge is 2.15. The van der Waals surface area contributed by atoms with Gasteiger partial charge in [-0.1, -0.05) is 5.16 Å². The van der Waals surface area contributed by atoms with Crippen LogP contribution in [0.3, 0.4) is 0 Å². The molecule has 0 saturated heterocycles. The van der Waals surface area contributed by atoms with Crippen LogP contribution in [-0.4, -0.2) is 26.0 Å². The number of aromatic nitrogens is 1. The summed E-state index contributed by atoms with van der Waals surface area (Å²) in [5.41, 5.74) is 0.229. The maximum absolute atomic E-state index is 13.2. The number of nitrogens with one attached hydrogen (secondary N) is 2. The minimum Gasteiger partial charge on any atom is -0.360 e. The molecule has 0 atom stereocenters. The van der Waals surface area contributed by atoms with Crippen LogP contribution in [0.15, 0.2) is 33.7 Å². The van der Waals surface area contributed by atoms with Crippen LogP contribution in [0.25, 0.3) is 0 Å². The Kier molecular flexibility index (Phi) is 5.12. The molecule has 1 aromatic heterocycles. The first-order valence-corrected chi connectivity index (χ1v) is 8.25. The van der Waals surface area contributed by atoms with E-state index in [2.05, 4.69) is 15.2 Å². The molecule has 0 aliphatic carbocycles. The Morgan fingerprint density at radius 3 is 2.65 bits per heavy atom. The summed E-state index contributed by atoms with van der Waals surface area (Å²) in [6, 6.07) is 5.03. The van der Waals surface area contributed by atoms with Gasteiger partial charge in [0, 0.05) is 19.0 Å². The number of hydrogen-bond acceptors (Lipinski definition) is 5. The number of sulfonamides is 1. The van der Waals surface area contributed by atoms with Gasteiger partial charge < -0.3 is 9.84 Å². The summed E-state index contributed by atoms with van der Waals surface area (Å²) in [6.45, 7) is 3.06. The predicted octanol–water partition coefficient (Wildman–Crippen LogP) is 1.74. The standard InChI is InChI=1S/C14H16FN3O4S/c1-9-7-11(3-4-12(9)15)23(20,21)16-6-5-14(19)17-13-8-10(2)22-18-13/h3-4,7-8,16H,5-6H2,1-2H3,(H,17,18,19). The van der Waals surface area contributed by atoms with Crippen LogP contribution in [0.4, 0.5) is 10.2 Å². The molecule has 1 aromatic carbocycles. The maximum atomic E-state index is 13.2. The second-order valence-electron chi connectivity index (χ2n) is 4.93. The van der Waals surface area contributed by atoms with Crippen LogP contribution in [0, 0.1) is 19.7 Å². The molecule has 2 N–H and O–H groups in total. The number of benzene rings is 1. The molecule has 7 nitrogen and oxygen atoms in total. The zero-order valence-electron chi connectivity index (χ0n) is 12.6. The maximum Gasteiger partial charge on any atom is 0.240 e. The van der Waals surface area contributed by atoms with Gasteiger partial charge in [0.25, 0.3) is 0 Å². The van der Waals surface area contributed by atoms with Crippen LogP contribution in [0.2, 0.25) is 0 Å². The van der Waals surface area contributed by atoms with E-state index >= 15 is 0 Å². The number of rotatable bonds is 6. The van der Waals surface area contributed by atoms with E-state index in [0.717, 1.165) is 6.07 Å². The lowest BCUT2D eigenvalue weighted by molar-refractivity contribution is -0.116. The molecule has 0 saturated carbocycles. The van der Waals surface area contributed by atoms with Gasteiger partial charge in [0.15, 0.2) is 5.82 Å². The van der Waals surface area contributed by atoms with Gasteiger partial charge in [-0.2, -0.15) is 0 Å². The predicted molar refractivity (Wildman–Crippen MR) is 80.8 cm³/mol. The first-order chi connectivity index (χ1) is 10.8. The van der Waals surface area contributed by atoms with Gasteiger partial charge in [-0.05, 0) is 37.6 Å². The van der Waals surface area contributed by atoms with Crippen molar-refractivity contribution in [3.8, 4) is 0 Å². The molecule has 0 radical (unpaired) electrons. The van der Waals surface area contributed by atoms with Crippen molar-refractivity contribution in [2.45, 2.75) is 25.2 Å². The van der Waals surface area contributed by atoms with E-state index in [1.807, 2.05) is 0 Å². The minimum absolute atomic E-state index is 0.0519. The van der Waals surface area contributed by atoms with E-state index < -0.39 is 21.7 Å². The van der Waals surface area contributed by atoms with Gasteiger partial charge in [-0.25, -0.2) is 17.5 Å². The summed E-state index contributed by atoms with van der Waals surface area (Å²) < 4.78 is 44.3. The van der Waals surface area contributed by atoms with Crippen LogP contribution in [-0.2, 0) is 14.8 Å². The number of nitrogens with zero attached hydrogens (tertiary/aromatic N) is 1. The van der Waals surface area contributed by atoms with E-state index in [1.165, 1.54) is 19.1 Å². The molecule has 0 fully saturated rings. The van der Waals surface area contributed by atoms with Crippen molar-refractivity contribution < 1.29 is 22.1 Å². The van der Waals surface area contributed by atoms with Gasteiger partial charge in [0.05, 0.1) is 4.90 Å². The van der Waals surface area contributed by atoms with E-state index in [9.17, 15) is 17.6 Å². The van der Waals surface area contributed by atoms with Crippen molar-refractivity contribution in [2.75, 3.05) is 11.9 Å². The number of halogens is 1. The molecular formula is C14H16FN3O4S. The number of amides is 1. The lowest BCUT2D eigenvalue weighted by atomic mass is 10.2. The molecule has 1 heterocycles. The van der Waals surface area contributed by atoms with Crippen LogP contribution in [0.1, 0.15) is 17.7 Å². The molecule has 0 aliphatic rings. The molecule has 0 bridgehead atoms. The molecule has 2 rings (SSSR count). The largest absolute Gasteiger partial charge is 0.360 e. The highest BCUT2D eigenvalue weighted by Crippen LogP contribution is 2.14.